The lowest BCUT2D eigenvalue weighted by molar-refractivity contribution is 0.0444. The van der Waals surface area contributed by atoms with Crippen molar-refractivity contribution < 1.29 is 0 Å². The van der Waals surface area contributed by atoms with E-state index in [0.29, 0.717) is 17.0 Å². The predicted octanol–water partition coefficient (Wildman–Crippen LogP) is 3.67. The smallest absolute Gasteiger partial charge is 0.0303 e. The zero-order valence-corrected chi connectivity index (χ0v) is 13.5. The van der Waals surface area contributed by atoms with E-state index >= 15 is 0 Å². The summed E-state index contributed by atoms with van der Waals surface area (Å²) in [6, 6.07) is 0.694. The number of piperazine rings is 1. The first-order valence-electron chi connectivity index (χ1n) is 7.79. The van der Waals surface area contributed by atoms with Crippen LogP contribution < -0.4 is 5.32 Å². The first-order valence-corrected chi connectivity index (χ1v) is 7.79. The molecule has 18 heavy (non-hydrogen) atoms. The quantitative estimate of drug-likeness (QED) is 0.805. The van der Waals surface area contributed by atoms with Crippen molar-refractivity contribution in [2.24, 2.45) is 5.41 Å². The van der Waals surface area contributed by atoms with Gasteiger partial charge in [0, 0.05) is 24.7 Å². The van der Waals surface area contributed by atoms with Gasteiger partial charge in [0.05, 0.1) is 0 Å². The summed E-state index contributed by atoms with van der Waals surface area (Å²) in [4.78, 5) is 2.74. The van der Waals surface area contributed by atoms with Crippen molar-refractivity contribution in [1.82, 2.24) is 10.2 Å². The molecule has 1 saturated heterocycles. The van der Waals surface area contributed by atoms with Crippen LogP contribution in [0.3, 0.4) is 0 Å². The Hall–Kier alpha value is -0.0800. The minimum atomic E-state index is 0.365. The highest BCUT2D eigenvalue weighted by molar-refractivity contribution is 4.94. The molecule has 108 valence electrons. The van der Waals surface area contributed by atoms with Gasteiger partial charge in [0.1, 0.15) is 0 Å². The summed E-state index contributed by atoms with van der Waals surface area (Å²) in [6.07, 6.45) is 5.14. The molecule has 0 saturated carbocycles. The number of hydrogen-bond donors (Lipinski definition) is 1. The van der Waals surface area contributed by atoms with Crippen LogP contribution in [0, 0.1) is 5.41 Å². The van der Waals surface area contributed by atoms with Crippen LogP contribution in [0.4, 0.5) is 0 Å². The van der Waals surface area contributed by atoms with E-state index in [1.54, 1.807) is 0 Å². The number of nitrogens with one attached hydrogen (secondary N) is 1. The Bertz CT molecular complexity index is 244. The molecule has 2 nitrogen and oxygen atoms in total. The molecule has 0 radical (unpaired) electrons. The molecule has 0 amide bonds. The summed E-state index contributed by atoms with van der Waals surface area (Å²) in [5.74, 6) is 0. The van der Waals surface area contributed by atoms with Gasteiger partial charge in [0.25, 0.3) is 0 Å². The maximum Gasteiger partial charge on any atom is 0.0303 e. The Labute approximate surface area is 115 Å². The normalized spacial score (nSPS) is 30.7. The predicted molar refractivity (Wildman–Crippen MR) is 81.0 cm³/mol. The molecule has 1 rings (SSSR count). The Kier molecular flexibility index (Phi) is 5.67. The van der Waals surface area contributed by atoms with Crippen LogP contribution in [0.2, 0.25) is 0 Å². The van der Waals surface area contributed by atoms with Crippen molar-refractivity contribution in [2.45, 2.75) is 78.8 Å². The van der Waals surface area contributed by atoms with E-state index in [0.717, 1.165) is 6.54 Å². The molecule has 0 aromatic rings. The molecular weight excluding hydrogens is 220 g/mol. The van der Waals surface area contributed by atoms with Gasteiger partial charge >= 0.3 is 0 Å². The van der Waals surface area contributed by atoms with Crippen LogP contribution in [0.1, 0.15) is 67.2 Å². The summed E-state index contributed by atoms with van der Waals surface area (Å²) in [5, 5.41) is 3.71. The molecule has 1 fully saturated rings. The van der Waals surface area contributed by atoms with Gasteiger partial charge in [0.2, 0.25) is 0 Å². The molecule has 0 aromatic carbocycles. The molecule has 1 N–H and O–H groups in total. The number of nitrogens with zero attached hydrogens (tertiary/aromatic N) is 1. The van der Waals surface area contributed by atoms with E-state index in [4.69, 9.17) is 0 Å². The van der Waals surface area contributed by atoms with Gasteiger partial charge in [-0.05, 0) is 44.6 Å². The highest BCUT2D eigenvalue weighted by Crippen LogP contribution is 2.26. The fourth-order valence-electron chi connectivity index (χ4n) is 2.81. The Morgan fingerprint density at radius 3 is 2.44 bits per heavy atom. The van der Waals surface area contributed by atoms with E-state index in [1.165, 1.54) is 38.8 Å². The second-order valence-electron chi connectivity index (χ2n) is 7.45. The SMILES string of the molecule is CCC1CN(CCCC(C)(C)C)C(C)(CC)CN1. The van der Waals surface area contributed by atoms with Crippen LogP contribution in [0.15, 0.2) is 0 Å². The minimum Gasteiger partial charge on any atom is -0.311 e. The lowest BCUT2D eigenvalue weighted by Gasteiger charge is -2.48. The largest absolute Gasteiger partial charge is 0.311 e. The van der Waals surface area contributed by atoms with Crippen molar-refractivity contribution in [3.8, 4) is 0 Å². The summed E-state index contributed by atoms with van der Waals surface area (Å²) in [5.41, 5.74) is 0.838. The van der Waals surface area contributed by atoms with Crippen LogP contribution >= 0.6 is 0 Å². The van der Waals surface area contributed by atoms with Gasteiger partial charge in [-0.3, -0.25) is 4.90 Å². The zero-order chi connectivity index (χ0) is 13.8. The van der Waals surface area contributed by atoms with Crippen molar-refractivity contribution in [2.75, 3.05) is 19.6 Å². The molecule has 1 aliphatic heterocycles. The maximum atomic E-state index is 3.71. The third kappa shape index (κ3) is 4.55. The van der Waals surface area contributed by atoms with Gasteiger partial charge in [0.15, 0.2) is 0 Å². The van der Waals surface area contributed by atoms with E-state index in [9.17, 15) is 0 Å². The van der Waals surface area contributed by atoms with Crippen molar-refractivity contribution in [3.05, 3.63) is 0 Å². The highest BCUT2D eigenvalue weighted by Gasteiger charge is 2.35. The first kappa shape index (κ1) is 16.0. The van der Waals surface area contributed by atoms with Crippen LogP contribution in [-0.2, 0) is 0 Å². The van der Waals surface area contributed by atoms with E-state index in [-0.39, 0.29) is 0 Å². The summed E-state index contributed by atoms with van der Waals surface area (Å²) >= 11 is 0. The second-order valence-corrected chi connectivity index (χ2v) is 7.45. The van der Waals surface area contributed by atoms with Crippen molar-refractivity contribution >= 4 is 0 Å². The third-order valence-corrected chi connectivity index (χ3v) is 4.59. The molecule has 0 aliphatic carbocycles. The molecule has 0 spiro atoms. The van der Waals surface area contributed by atoms with Crippen LogP contribution in [0.25, 0.3) is 0 Å². The topological polar surface area (TPSA) is 15.3 Å². The molecule has 1 heterocycles. The van der Waals surface area contributed by atoms with Gasteiger partial charge in [-0.15, -0.1) is 0 Å². The zero-order valence-electron chi connectivity index (χ0n) is 13.5. The van der Waals surface area contributed by atoms with Gasteiger partial charge in [-0.1, -0.05) is 34.6 Å². The second kappa shape index (κ2) is 6.38. The highest BCUT2D eigenvalue weighted by atomic mass is 15.3. The fraction of sp³-hybridized carbons (Fsp3) is 1.00. The molecular formula is C16H34N2. The molecule has 1 aliphatic rings. The molecule has 2 heteroatoms. The standard InChI is InChI=1S/C16H34N2/c1-7-14-12-18(11-9-10-15(3,4)5)16(6,8-2)13-17-14/h14,17H,7-13H2,1-6H3. The van der Waals surface area contributed by atoms with Gasteiger partial charge < -0.3 is 5.32 Å². The molecule has 0 aromatic heterocycles. The van der Waals surface area contributed by atoms with Crippen molar-refractivity contribution in [3.63, 3.8) is 0 Å². The lowest BCUT2D eigenvalue weighted by atomic mass is 9.88. The summed E-state index contributed by atoms with van der Waals surface area (Å²) in [7, 11) is 0. The van der Waals surface area contributed by atoms with Gasteiger partial charge in [-0.2, -0.15) is 0 Å². The molecule has 2 unspecified atom stereocenters. The average molecular weight is 254 g/mol. The van der Waals surface area contributed by atoms with E-state index in [1.807, 2.05) is 0 Å². The Balaban J connectivity index is 2.51. The van der Waals surface area contributed by atoms with E-state index < -0.39 is 0 Å². The maximum absolute atomic E-state index is 3.71. The molecule has 0 bridgehead atoms. The number of hydrogen-bond acceptors (Lipinski definition) is 2. The van der Waals surface area contributed by atoms with Crippen molar-refractivity contribution in [1.29, 1.82) is 0 Å². The fourth-order valence-corrected chi connectivity index (χ4v) is 2.81. The lowest BCUT2D eigenvalue weighted by Crippen LogP contribution is -2.63. The average Bonchev–Trinajstić information content (AvgIpc) is 2.30. The summed E-state index contributed by atoms with van der Waals surface area (Å²) < 4.78 is 0. The first-order chi connectivity index (χ1) is 8.30. The number of rotatable bonds is 5. The molecule has 2 atom stereocenters. The van der Waals surface area contributed by atoms with E-state index in [2.05, 4.69) is 51.8 Å². The third-order valence-electron chi connectivity index (χ3n) is 4.59. The summed E-state index contributed by atoms with van der Waals surface area (Å²) in [6.45, 7) is 17.7. The van der Waals surface area contributed by atoms with Crippen LogP contribution in [-0.4, -0.2) is 36.1 Å². The monoisotopic (exact) mass is 254 g/mol. The minimum absolute atomic E-state index is 0.365. The Morgan fingerprint density at radius 1 is 1.28 bits per heavy atom. The Morgan fingerprint density at radius 2 is 1.94 bits per heavy atom. The van der Waals surface area contributed by atoms with Crippen LogP contribution in [0.5, 0.6) is 0 Å². The van der Waals surface area contributed by atoms with Gasteiger partial charge in [-0.25, -0.2) is 0 Å².